The van der Waals surface area contributed by atoms with Crippen LogP contribution in [0.2, 0.25) is 0 Å². The summed E-state index contributed by atoms with van der Waals surface area (Å²) in [6.07, 6.45) is -0.493. The average Bonchev–Trinajstić information content (AvgIpc) is 2.60. The maximum atomic E-state index is 11.9. The SMILES string of the molecule is CC(C)(C)OC(=O)NC(Cc1ccc(-c2ccccc2)cc1)C(=O)NO. The molecule has 0 bridgehead atoms. The number of alkyl carbamates (subject to hydrolysis) is 1. The van der Waals surface area contributed by atoms with Gasteiger partial charge in [0.15, 0.2) is 0 Å². The molecule has 0 saturated carbocycles. The number of hydrogen-bond donors (Lipinski definition) is 3. The van der Waals surface area contributed by atoms with E-state index in [9.17, 15) is 9.59 Å². The summed E-state index contributed by atoms with van der Waals surface area (Å²) in [5, 5.41) is 11.4. The van der Waals surface area contributed by atoms with E-state index < -0.39 is 23.6 Å². The topological polar surface area (TPSA) is 87.7 Å². The van der Waals surface area contributed by atoms with Crippen LogP contribution in [0.3, 0.4) is 0 Å². The Morgan fingerprint density at radius 2 is 1.58 bits per heavy atom. The van der Waals surface area contributed by atoms with Crippen molar-refractivity contribution in [3.05, 3.63) is 60.2 Å². The van der Waals surface area contributed by atoms with E-state index in [4.69, 9.17) is 9.94 Å². The van der Waals surface area contributed by atoms with Gasteiger partial charge in [0, 0.05) is 6.42 Å². The molecule has 0 heterocycles. The second-order valence-electron chi connectivity index (χ2n) is 6.94. The van der Waals surface area contributed by atoms with E-state index >= 15 is 0 Å². The lowest BCUT2D eigenvalue weighted by molar-refractivity contribution is -0.131. The Balaban J connectivity index is 2.08. The van der Waals surface area contributed by atoms with Crippen LogP contribution in [0.15, 0.2) is 54.6 Å². The zero-order chi connectivity index (χ0) is 19.2. The zero-order valence-electron chi connectivity index (χ0n) is 15.2. The summed E-state index contributed by atoms with van der Waals surface area (Å²) in [7, 11) is 0. The van der Waals surface area contributed by atoms with E-state index in [0.29, 0.717) is 0 Å². The molecule has 0 saturated heterocycles. The number of rotatable bonds is 5. The smallest absolute Gasteiger partial charge is 0.408 e. The molecule has 2 aromatic rings. The summed E-state index contributed by atoms with van der Waals surface area (Å²) < 4.78 is 5.17. The van der Waals surface area contributed by atoms with E-state index in [0.717, 1.165) is 16.7 Å². The number of amides is 2. The summed E-state index contributed by atoms with van der Waals surface area (Å²) in [6, 6.07) is 16.6. The second kappa shape index (κ2) is 8.49. The number of carbonyl (C=O) groups is 2. The first-order valence-electron chi connectivity index (χ1n) is 8.36. The highest BCUT2D eigenvalue weighted by Crippen LogP contribution is 2.19. The molecule has 3 N–H and O–H groups in total. The normalized spacial score (nSPS) is 12.2. The molecule has 1 atom stereocenters. The highest BCUT2D eigenvalue weighted by Gasteiger charge is 2.24. The molecule has 26 heavy (non-hydrogen) atoms. The summed E-state index contributed by atoms with van der Waals surface area (Å²) in [6.45, 7) is 5.20. The molecule has 6 nitrogen and oxygen atoms in total. The fourth-order valence-corrected chi connectivity index (χ4v) is 2.44. The van der Waals surface area contributed by atoms with Gasteiger partial charge in [0.2, 0.25) is 0 Å². The lowest BCUT2D eigenvalue weighted by Crippen LogP contribution is -2.48. The molecule has 0 aromatic heterocycles. The molecule has 6 heteroatoms. The highest BCUT2D eigenvalue weighted by molar-refractivity contribution is 5.85. The third kappa shape index (κ3) is 5.89. The van der Waals surface area contributed by atoms with Gasteiger partial charge < -0.3 is 10.1 Å². The van der Waals surface area contributed by atoms with E-state index in [-0.39, 0.29) is 6.42 Å². The Morgan fingerprint density at radius 1 is 1.00 bits per heavy atom. The third-order valence-electron chi connectivity index (χ3n) is 3.62. The molecule has 0 fully saturated rings. The summed E-state index contributed by atoms with van der Waals surface area (Å²) in [5.41, 5.74) is 3.89. The first-order chi connectivity index (χ1) is 12.3. The van der Waals surface area contributed by atoms with Gasteiger partial charge in [0.25, 0.3) is 5.91 Å². The third-order valence-corrected chi connectivity index (χ3v) is 3.62. The number of nitrogens with one attached hydrogen (secondary N) is 2. The largest absolute Gasteiger partial charge is 0.444 e. The van der Waals surface area contributed by atoms with Gasteiger partial charge in [-0.3, -0.25) is 10.0 Å². The molecule has 2 rings (SSSR count). The van der Waals surface area contributed by atoms with Gasteiger partial charge in [0.05, 0.1) is 0 Å². The van der Waals surface area contributed by atoms with Crippen LogP contribution in [0.1, 0.15) is 26.3 Å². The Labute approximate surface area is 153 Å². The van der Waals surface area contributed by atoms with Crippen molar-refractivity contribution in [3.63, 3.8) is 0 Å². The van der Waals surface area contributed by atoms with Gasteiger partial charge in [-0.05, 0) is 37.5 Å². The molecule has 0 spiro atoms. The van der Waals surface area contributed by atoms with Gasteiger partial charge >= 0.3 is 6.09 Å². The first kappa shape index (κ1) is 19.5. The van der Waals surface area contributed by atoms with Crippen molar-refractivity contribution < 1.29 is 19.5 Å². The van der Waals surface area contributed by atoms with Crippen LogP contribution in [0, 0.1) is 0 Å². The zero-order valence-corrected chi connectivity index (χ0v) is 15.2. The van der Waals surface area contributed by atoms with Crippen molar-refractivity contribution >= 4 is 12.0 Å². The molecule has 0 aliphatic heterocycles. The minimum absolute atomic E-state index is 0.223. The monoisotopic (exact) mass is 356 g/mol. The van der Waals surface area contributed by atoms with Crippen LogP contribution in [-0.4, -0.2) is 28.9 Å². The molecular weight excluding hydrogens is 332 g/mol. The van der Waals surface area contributed by atoms with Crippen molar-refractivity contribution in [1.82, 2.24) is 10.8 Å². The van der Waals surface area contributed by atoms with Crippen LogP contribution in [0.25, 0.3) is 11.1 Å². The van der Waals surface area contributed by atoms with E-state index in [2.05, 4.69) is 5.32 Å². The van der Waals surface area contributed by atoms with Crippen LogP contribution in [-0.2, 0) is 16.0 Å². The summed E-state index contributed by atoms with van der Waals surface area (Å²) >= 11 is 0. The molecule has 0 aliphatic rings. The standard InChI is InChI=1S/C20H24N2O4/c1-20(2,3)26-19(24)21-17(18(23)22-25)13-14-9-11-16(12-10-14)15-7-5-4-6-8-15/h4-12,17,25H,13H2,1-3H3,(H,21,24)(H,22,23). The van der Waals surface area contributed by atoms with Crippen molar-refractivity contribution in [2.24, 2.45) is 0 Å². The number of ether oxygens (including phenoxy) is 1. The Bertz CT molecular complexity index is 737. The van der Waals surface area contributed by atoms with Gasteiger partial charge in [-0.2, -0.15) is 0 Å². The van der Waals surface area contributed by atoms with Crippen molar-refractivity contribution in [1.29, 1.82) is 0 Å². The molecule has 0 radical (unpaired) electrons. The van der Waals surface area contributed by atoms with Gasteiger partial charge in [0.1, 0.15) is 11.6 Å². The van der Waals surface area contributed by atoms with Crippen molar-refractivity contribution in [3.8, 4) is 11.1 Å². The molecule has 1 unspecified atom stereocenters. The molecule has 2 aromatic carbocycles. The number of hydrogen-bond acceptors (Lipinski definition) is 4. The summed E-state index contributed by atoms with van der Waals surface area (Å²) in [4.78, 5) is 23.8. The van der Waals surface area contributed by atoms with Crippen LogP contribution >= 0.6 is 0 Å². The Kier molecular flexibility index (Phi) is 6.36. The van der Waals surface area contributed by atoms with E-state index in [1.165, 1.54) is 0 Å². The molecule has 138 valence electrons. The maximum Gasteiger partial charge on any atom is 0.408 e. The minimum atomic E-state index is -0.947. The maximum absolute atomic E-state index is 11.9. The molecule has 0 aliphatic carbocycles. The van der Waals surface area contributed by atoms with Crippen LogP contribution in [0.4, 0.5) is 4.79 Å². The van der Waals surface area contributed by atoms with E-state index in [1.807, 2.05) is 54.6 Å². The molecule has 2 amide bonds. The van der Waals surface area contributed by atoms with Gasteiger partial charge in [-0.1, -0.05) is 54.6 Å². The van der Waals surface area contributed by atoms with E-state index in [1.54, 1.807) is 26.3 Å². The van der Waals surface area contributed by atoms with Crippen LogP contribution < -0.4 is 10.8 Å². The van der Waals surface area contributed by atoms with Gasteiger partial charge in [-0.15, -0.1) is 0 Å². The highest BCUT2D eigenvalue weighted by atomic mass is 16.6. The quantitative estimate of drug-likeness (QED) is 0.567. The molecular formula is C20H24N2O4. The second-order valence-corrected chi connectivity index (χ2v) is 6.94. The van der Waals surface area contributed by atoms with Crippen LogP contribution in [0.5, 0.6) is 0 Å². The Morgan fingerprint density at radius 3 is 2.12 bits per heavy atom. The average molecular weight is 356 g/mol. The number of carbonyl (C=O) groups excluding carboxylic acids is 2. The predicted octanol–water partition coefficient (Wildman–Crippen LogP) is 3.29. The lowest BCUT2D eigenvalue weighted by Gasteiger charge is -2.22. The predicted molar refractivity (Wildman–Crippen MR) is 98.7 cm³/mol. The Hall–Kier alpha value is -2.86. The van der Waals surface area contributed by atoms with Gasteiger partial charge in [-0.25, -0.2) is 10.3 Å². The number of hydroxylamine groups is 1. The summed E-state index contributed by atoms with van der Waals surface area (Å²) in [5.74, 6) is -0.706. The fourth-order valence-electron chi connectivity index (χ4n) is 2.44. The minimum Gasteiger partial charge on any atom is -0.444 e. The first-order valence-corrected chi connectivity index (χ1v) is 8.36. The number of benzene rings is 2. The lowest BCUT2D eigenvalue weighted by atomic mass is 10.0. The fraction of sp³-hybridized carbons (Fsp3) is 0.300. The van der Waals surface area contributed by atoms with Crippen molar-refractivity contribution in [2.45, 2.75) is 38.8 Å². The van der Waals surface area contributed by atoms with Crippen molar-refractivity contribution in [2.75, 3.05) is 0 Å².